The molecule has 576 valence electrons. The summed E-state index contributed by atoms with van der Waals surface area (Å²) in [7, 11) is -9.91. The van der Waals surface area contributed by atoms with Crippen molar-refractivity contribution in [2.24, 2.45) is 5.92 Å². The van der Waals surface area contributed by atoms with Crippen LogP contribution in [0.3, 0.4) is 0 Å². The first-order chi connectivity index (χ1) is 47.0. The molecule has 19 heteroatoms. The van der Waals surface area contributed by atoms with E-state index in [-0.39, 0.29) is 25.7 Å². The highest BCUT2D eigenvalue weighted by atomic mass is 31.2. The quantitative estimate of drug-likeness (QED) is 0.0222. The number of carbonyl (C=O) groups is 4. The average molecular weight is 1420 g/mol. The summed E-state index contributed by atoms with van der Waals surface area (Å²) in [5.74, 6) is -1.43. The molecular formula is C78H152O17P2. The van der Waals surface area contributed by atoms with E-state index < -0.39 is 97.5 Å². The highest BCUT2D eigenvalue weighted by molar-refractivity contribution is 7.47. The lowest BCUT2D eigenvalue weighted by atomic mass is 10.0. The number of esters is 4. The van der Waals surface area contributed by atoms with Gasteiger partial charge in [-0.3, -0.25) is 37.3 Å². The molecule has 0 saturated heterocycles. The average Bonchev–Trinajstić information content (AvgIpc) is 2.15. The van der Waals surface area contributed by atoms with Gasteiger partial charge in [0, 0.05) is 25.7 Å². The van der Waals surface area contributed by atoms with Gasteiger partial charge in [0.15, 0.2) is 12.2 Å². The molecule has 2 unspecified atom stereocenters. The van der Waals surface area contributed by atoms with Crippen LogP contribution in [0, 0.1) is 5.92 Å². The molecule has 0 radical (unpaired) electrons. The predicted molar refractivity (Wildman–Crippen MR) is 395 cm³/mol. The second-order valence-electron chi connectivity index (χ2n) is 28.6. The van der Waals surface area contributed by atoms with Crippen molar-refractivity contribution in [1.29, 1.82) is 0 Å². The van der Waals surface area contributed by atoms with Crippen LogP contribution in [0.2, 0.25) is 0 Å². The van der Waals surface area contributed by atoms with Crippen LogP contribution in [0.15, 0.2) is 0 Å². The van der Waals surface area contributed by atoms with E-state index in [9.17, 15) is 43.2 Å². The maximum atomic E-state index is 13.1. The number of ether oxygens (including phenoxy) is 4. The van der Waals surface area contributed by atoms with Gasteiger partial charge in [-0.1, -0.05) is 362 Å². The van der Waals surface area contributed by atoms with Crippen molar-refractivity contribution in [3.63, 3.8) is 0 Å². The zero-order valence-corrected chi connectivity index (χ0v) is 65.0. The highest BCUT2D eigenvalue weighted by Gasteiger charge is 2.30. The number of phosphoric acid groups is 2. The van der Waals surface area contributed by atoms with E-state index in [0.717, 1.165) is 96.3 Å². The summed E-state index contributed by atoms with van der Waals surface area (Å²) in [6.07, 6.45) is 61.3. The molecule has 0 rings (SSSR count). The van der Waals surface area contributed by atoms with Crippen molar-refractivity contribution in [2.45, 2.75) is 432 Å². The fraction of sp³-hybridized carbons (Fsp3) is 0.949. The summed E-state index contributed by atoms with van der Waals surface area (Å²) in [6.45, 7) is 7.21. The van der Waals surface area contributed by atoms with E-state index in [4.69, 9.17) is 37.0 Å². The minimum atomic E-state index is -4.96. The van der Waals surface area contributed by atoms with Crippen LogP contribution in [0.4, 0.5) is 0 Å². The molecular weight excluding hydrogens is 1270 g/mol. The molecule has 0 aromatic heterocycles. The van der Waals surface area contributed by atoms with E-state index in [1.165, 1.54) is 231 Å². The first kappa shape index (κ1) is 95.1. The molecule has 0 saturated carbocycles. The van der Waals surface area contributed by atoms with Crippen molar-refractivity contribution < 1.29 is 80.2 Å². The summed E-state index contributed by atoms with van der Waals surface area (Å²) in [6, 6.07) is 0. The molecule has 3 N–H and O–H groups in total. The third-order valence-electron chi connectivity index (χ3n) is 18.3. The molecule has 0 fully saturated rings. The fourth-order valence-electron chi connectivity index (χ4n) is 12.1. The van der Waals surface area contributed by atoms with Gasteiger partial charge in [-0.2, -0.15) is 0 Å². The Bertz CT molecular complexity index is 1860. The zero-order valence-electron chi connectivity index (χ0n) is 63.2. The van der Waals surface area contributed by atoms with Gasteiger partial charge in [-0.15, -0.1) is 0 Å². The molecule has 0 aliphatic carbocycles. The van der Waals surface area contributed by atoms with Crippen LogP contribution in [-0.2, 0) is 65.4 Å². The molecule has 5 atom stereocenters. The van der Waals surface area contributed by atoms with Crippen molar-refractivity contribution in [1.82, 2.24) is 0 Å². The second kappa shape index (κ2) is 71.1. The lowest BCUT2D eigenvalue weighted by Crippen LogP contribution is -2.30. The third-order valence-corrected chi connectivity index (χ3v) is 20.2. The van der Waals surface area contributed by atoms with Gasteiger partial charge in [-0.25, -0.2) is 9.13 Å². The Morgan fingerprint density at radius 2 is 0.474 bits per heavy atom. The normalized spacial score (nSPS) is 13.9. The Kier molecular flexibility index (Phi) is 69.6. The molecule has 17 nitrogen and oxygen atoms in total. The first-order valence-corrected chi connectivity index (χ1v) is 43.6. The Labute approximate surface area is 594 Å². The molecule has 0 aromatic carbocycles. The molecule has 0 amide bonds. The maximum absolute atomic E-state index is 13.1. The first-order valence-electron chi connectivity index (χ1n) is 40.6. The van der Waals surface area contributed by atoms with Crippen molar-refractivity contribution in [2.75, 3.05) is 39.6 Å². The Balaban J connectivity index is 5.17. The van der Waals surface area contributed by atoms with E-state index in [1.807, 2.05) is 0 Å². The van der Waals surface area contributed by atoms with Gasteiger partial charge >= 0.3 is 39.5 Å². The van der Waals surface area contributed by atoms with E-state index in [2.05, 4.69) is 34.6 Å². The molecule has 0 heterocycles. The van der Waals surface area contributed by atoms with Gasteiger partial charge < -0.3 is 33.8 Å². The Hall–Kier alpha value is -1.94. The van der Waals surface area contributed by atoms with Crippen molar-refractivity contribution >= 4 is 39.5 Å². The van der Waals surface area contributed by atoms with Crippen LogP contribution in [-0.4, -0.2) is 96.7 Å². The number of unbranched alkanes of at least 4 members (excludes halogenated alkanes) is 50. The molecule has 0 bridgehead atoms. The maximum Gasteiger partial charge on any atom is 0.472 e. The lowest BCUT2D eigenvalue weighted by Gasteiger charge is -2.21. The third kappa shape index (κ3) is 72.2. The van der Waals surface area contributed by atoms with Crippen molar-refractivity contribution in [3.8, 4) is 0 Å². The summed E-state index contributed by atoms with van der Waals surface area (Å²) in [5.41, 5.74) is 0. The van der Waals surface area contributed by atoms with Crippen molar-refractivity contribution in [3.05, 3.63) is 0 Å². The number of phosphoric ester groups is 2. The number of rotatable bonds is 78. The Morgan fingerprint density at radius 3 is 0.701 bits per heavy atom. The number of aliphatic hydroxyl groups is 1. The van der Waals surface area contributed by atoms with Crippen LogP contribution >= 0.6 is 15.6 Å². The summed E-state index contributed by atoms with van der Waals surface area (Å²) in [4.78, 5) is 72.8. The van der Waals surface area contributed by atoms with Gasteiger partial charge in [0.25, 0.3) is 0 Å². The smallest absolute Gasteiger partial charge is 0.462 e. The highest BCUT2D eigenvalue weighted by Crippen LogP contribution is 2.45. The molecule has 0 spiro atoms. The lowest BCUT2D eigenvalue weighted by molar-refractivity contribution is -0.161. The predicted octanol–water partition coefficient (Wildman–Crippen LogP) is 23.3. The van der Waals surface area contributed by atoms with Crippen LogP contribution in [0.25, 0.3) is 0 Å². The number of hydrogen-bond donors (Lipinski definition) is 3. The number of aliphatic hydroxyl groups excluding tert-OH is 1. The van der Waals surface area contributed by atoms with E-state index >= 15 is 0 Å². The zero-order chi connectivity index (χ0) is 71.2. The number of hydrogen-bond acceptors (Lipinski definition) is 15. The monoisotopic (exact) mass is 1420 g/mol. The largest absolute Gasteiger partial charge is 0.472 e. The summed E-state index contributed by atoms with van der Waals surface area (Å²) < 4.78 is 68.5. The summed E-state index contributed by atoms with van der Waals surface area (Å²) in [5, 5.41) is 10.6. The topological polar surface area (TPSA) is 237 Å². The molecule has 0 aliphatic rings. The van der Waals surface area contributed by atoms with Crippen LogP contribution in [0.5, 0.6) is 0 Å². The fourth-order valence-corrected chi connectivity index (χ4v) is 13.6. The van der Waals surface area contributed by atoms with Gasteiger partial charge in [0.05, 0.1) is 26.4 Å². The second-order valence-corrected chi connectivity index (χ2v) is 31.5. The van der Waals surface area contributed by atoms with E-state index in [1.54, 1.807) is 0 Å². The Morgan fingerprint density at radius 1 is 0.278 bits per heavy atom. The minimum absolute atomic E-state index is 0.106. The SMILES string of the molecule is CCCCCCCCCCCCCCCCCCCCCCCCC(=O)O[C@H](COC(=O)CCCCCCCCCCCCCCCCC)COP(=O)(O)OC[C@@H](O)COP(=O)(O)OC[C@@H](COC(=O)CCCCCCCCC(C)C)OC(=O)CCCCCCCCCCCCC. The van der Waals surface area contributed by atoms with Gasteiger partial charge in [0.1, 0.15) is 19.3 Å². The van der Waals surface area contributed by atoms with Gasteiger partial charge in [0.2, 0.25) is 0 Å². The van der Waals surface area contributed by atoms with Crippen LogP contribution < -0.4 is 0 Å². The number of carbonyl (C=O) groups excluding carboxylic acids is 4. The molecule has 0 aliphatic heterocycles. The summed E-state index contributed by atoms with van der Waals surface area (Å²) >= 11 is 0. The molecule has 97 heavy (non-hydrogen) atoms. The molecule has 0 aromatic rings. The van der Waals surface area contributed by atoms with E-state index in [0.29, 0.717) is 31.6 Å². The van der Waals surface area contributed by atoms with Gasteiger partial charge in [-0.05, 0) is 31.6 Å². The van der Waals surface area contributed by atoms with Crippen LogP contribution in [0.1, 0.15) is 413 Å². The minimum Gasteiger partial charge on any atom is -0.462 e. The standard InChI is InChI=1S/C78H152O17P2/c1-6-9-12-15-18-21-24-26-28-29-30-31-32-33-34-36-38-41-44-47-54-59-64-78(83)94-73(67-88-75(80)61-56-51-45-42-40-37-35-27-25-22-19-16-13-10-7-2)69-92-96(84,85)90-65-72(79)66-91-97(86,87)93-70-74(68-89-76(81)62-57-52-49-48-50-55-60-71(4)5)95-77(82)63-58-53-46-43-39-23-20-17-14-11-8-3/h71-74,79H,6-70H2,1-5H3,(H,84,85)(H,86,87)/t72-,73-,74-/m1/s1.